The zero-order valence-corrected chi connectivity index (χ0v) is 13.0. The van der Waals surface area contributed by atoms with Crippen molar-refractivity contribution in [3.8, 4) is 0 Å². The third-order valence-electron chi connectivity index (χ3n) is 2.82. The van der Waals surface area contributed by atoms with Gasteiger partial charge >= 0.3 is 0 Å². The molecule has 0 saturated carbocycles. The van der Waals surface area contributed by atoms with E-state index < -0.39 is 10.0 Å². The molecule has 0 aliphatic heterocycles. The molecule has 0 aliphatic carbocycles. The summed E-state index contributed by atoms with van der Waals surface area (Å²) in [5, 5.41) is 7.08. The van der Waals surface area contributed by atoms with Crippen LogP contribution in [0.25, 0.3) is 0 Å². The van der Waals surface area contributed by atoms with Gasteiger partial charge in [-0.1, -0.05) is 6.92 Å². The number of nitrogens with one attached hydrogen (secondary N) is 3. The fraction of sp³-hybridized carbons (Fsp3) is 0.385. The second-order valence-corrected chi connectivity index (χ2v) is 7.04. The van der Waals surface area contributed by atoms with Gasteiger partial charge in [0.15, 0.2) is 0 Å². The van der Waals surface area contributed by atoms with Gasteiger partial charge in [0.05, 0.1) is 4.90 Å². The minimum absolute atomic E-state index is 0.279. The highest BCUT2D eigenvalue weighted by Gasteiger charge is 2.15. The molecule has 7 heteroatoms. The van der Waals surface area contributed by atoms with Crippen LogP contribution >= 0.6 is 11.3 Å². The number of sulfonamides is 1. The van der Waals surface area contributed by atoms with Crippen molar-refractivity contribution in [1.82, 2.24) is 15.0 Å². The van der Waals surface area contributed by atoms with Gasteiger partial charge in [-0.05, 0) is 41.4 Å². The minimum Gasteiger partial charge on any atom is -0.363 e. The summed E-state index contributed by atoms with van der Waals surface area (Å²) in [4.78, 5) is 3.26. The van der Waals surface area contributed by atoms with Gasteiger partial charge in [0.1, 0.15) is 0 Å². The van der Waals surface area contributed by atoms with E-state index in [1.165, 1.54) is 6.20 Å². The van der Waals surface area contributed by atoms with Crippen LogP contribution in [-0.4, -0.2) is 19.9 Å². The highest BCUT2D eigenvalue weighted by molar-refractivity contribution is 7.89. The molecule has 0 amide bonds. The Labute approximate surface area is 123 Å². The molecule has 0 spiro atoms. The zero-order chi connectivity index (χ0) is 14.4. The number of aromatic amines is 1. The lowest BCUT2D eigenvalue weighted by Crippen LogP contribution is -2.22. The number of aromatic nitrogens is 1. The van der Waals surface area contributed by atoms with E-state index in [2.05, 4.69) is 21.9 Å². The van der Waals surface area contributed by atoms with Gasteiger partial charge in [-0.2, -0.15) is 11.3 Å². The molecule has 2 heterocycles. The highest BCUT2D eigenvalue weighted by Crippen LogP contribution is 2.12. The first-order chi connectivity index (χ1) is 9.62. The van der Waals surface area contributed by atoms with Gasteiger partial charge in [0, 0.05) is 25.0 Å². The predicted octanol–water partition coefficient (Wildman–Crippen LogP) is 2.05. The summed E-state index contributed by atoms with van der Waals surface area (Å²) in [6.07, 6.45) is 2.58. The van der Waals surface area contributed by atoms with Gasteiger partial charge in [-0.25, -0.2) is 13.1 Å². The second-order valence-electron chi connectivity index (χ2n) is 4.49. The highest BCUT2D eigenvalue weighted by atomic mass is 32.2. The third kappa shape index (κ3) is 4.17. The lowest BCUT2D eigenvalue weighted by Gasteiger charge is -2.03. The Hall–Kier alpha value is -1.15. The fourth-order valence-electron chi connectivity index (χ4n) is 1.73. The average Bonchev–Trinajstić information content (AvgIpc) is 3.08. The van der Waals surface area contributed by atoms with Crippen LogP contribution in [0.1, 0.15) is 24.6 Å². The van der Waals surface area contributed by atoms with Crippen LogP contribution in [0, 0.1) is 0 Å². The van der Waals surface area contributed by atoms with Crippen molar-refractivity contribution in [2.45, 2.75) is 31.3 Å². The fourth-order valence-corrected chi connectivity index (χ4v) is 3.43. The number of hydrogen-bond acceptors (Lipinski definition) is 4. The molecule has 3 N–H and O–H groups in total. The van der Waals surface area contributed by atoms with Crippen LogP contribution in [0.15, 0.2) is 34.0 Å². The Morgan fingerprint density at radius 3 is 2.90 bits per heavy atom. The smallest absolute Gasteiger partial charge is 0.242 e. The van der Waals surface area contributed by atoms with E-state index in [0.717, 1.165) is 24.2 Å². The van der Waals surface area contributed by atoms with Crippen molar-refractivity contribution in [2.24, 2.45) is 0 Å². The van der Waals surface area contributed by atoms with E-state index in [0.29, 0.717) is 13.1 Å². The summed E-state index contributed by atoms with van der Waals surface area (Å²) in [6.45, 7) is 3.97. The molecule has 2 rings (SSSR count). The minimum atomic E-state index is -3.45. The van der Waals surface area contributed by atoms with Gasteiger partial charge in [-0.3, -0.25) is 0 Å². The molecule has 0 bridgehead atoms. The summed E-state index contributed by atoms with van der Waals surface area (Å²) in [5.74, 6) is 0. The number of thiophene rings is 1. The van der Waals surface area contributed by atoms with Gasteiger partial charge in [0.2, 0.25) is 10.0 Å². The summed E-state index contributed by atoms with van der Waals surface area (Å²) in [7, 11) is -3.45. The monoisotopic (exact) mass is 313 g/mol. The Bertz CT molecular complexity index is 618. The van der Waals surface area contributed by atoms with E-state index in [1.807, 2.05) is 16.8 Å². The average molecular weight is 313 g/mol. The number of hydrogen-bond donors (Lipinski definition) is 3. The van der Waals surface area contributed by atoms with E-state index in [-0.39, 0.29) is 4.90 Å². The quantitative estimate of drug-likeness (QED) is 0.653. The van der Waals surface area contributed by atoms with Crippen molar-refractivity contribution < 1.29 is 8.42 Å². The zero-order valence-electron chi connectivity index (χ0n) is 11.3. The molecule has 0 aromatic carbocycles. The summed E-state index contributed by atoms with van der Waals surface area (Å²) in [5.41, 5.74) is 1.84. The van der Waals surface area contributed by atoms with Crippen LogP contribution in [0.4, 0.5) is 0 Å². The number of rotatable bonds is 8. The molecule has 0 saturated heterocycles. The SMILES string of the molecule is CCCNCc1cc(S(=O)(=O)NCc2ccsc2)c[nH]1. The first-order valence-electron chi connectivity index (χ1n) is 6.50. The van der Waals surface area contributed by atoms with Gasteiger partial charge in [0.25, 0.3) is 0 Å². The summed E-state index contributed by atoms with van der Waals surface area (Å²) in [6, 6.07) is 3.57. The molecule has 2 aromatic heterocycles. The van der Waals surface area contributed by atoms with Crippen LogP contribution < -0.4 is 10.0 Å². The Morgan fingerprint density at radius 1 is 1.35 bits per heavy atom. The van der Waals surface area contributed by atoms with Crippen molar-refractivity contribution in [1.29, 1.82) is 0 Å². The second kappa shape index (κ2) is 7.03. The molecule has 0 radical (unpaired) electrons. The topological polar surface area (TPSA) is 74.0 Å². The molecule has 20 heavy (non-hydrogen) atoms. The van der Waals surface area contributed by atoms with Crippen molar-refractivity contribution >= 4 is 21.4 Å². The normalized spacial score (nSPS) is 11.8. The molecule has 110 valence electrons. The molecule has 0 fully saturated rings. The van der Waals surface area contributed by atoms with Crippen molar-refractivity contribution in [3.63, 3.8) is 0 Å². The molecule has 0 unspecified atom stereocenters. The van der Waals surface area contributed by atoms with Crippen LogP contribution in [0.3, 0.4) is 0 Å². The molecule has 0 atom stereocenters. The van der Waals surface area contributed by atoms with E-state index in [4.69, 9.17) is 0 Å². The van der Waals surface area contributed by atoms with E-state index in [1.54, 1.807) is 17.4 Å². The Kier molecular flexibility index (Phi) is 5.36. The molecule has 0 aliphatic rings. The Balaban J connectivity index is 1.95. The first kappa shape index (κ1) is 15.2. The van der Waals surface area contributed by atoms with Gasteiger partial charge in [-0.15, -0.1) is 0 Å². The molecular weight excluding hydrogens is 294 g/mol. The summed E-state index contributed by atoms with van der Waals surface area (Å²) >= 11 is 1.55. The van der Waals surface area contributed by atoms with Gasteiger partial charge < -0.3 is 10.3 Å². The van der Waals surface area contributed by atoms with Crippen LogP contribution in [0.2, 0.25) is 0 Å². The summed E-state index contributed by atoms with van der Waals surface area (Å²) < 4.78 is 26.8. The molecular formula is C13H19N3O2S2. The predicted molar refractivity (Wildman–Crippen MR) is 81.1 cm³/mol. The maximum atomic E-state index is 12.1. The lowest BCUT2D eigenvalue weighted by molar-refractivity contribution is 0.581. The first-order valence-corrected chi connectivity index (χ1v) is 8.93. The Morgan fingerprint density at radius 2 is 2.20 bits per heavy atom. The molecule has 2 aromatic rings. The van der Waals surface area contributed by atoms with Crippen molar-refractivity contribution in [2.75, 3.05) is 6.54 Å². The van der Waals surface area contributed by atoms with E-state index >= 15 is 0 Å². The standard InChI is InChI=1S/C13H19N3O2S2/c1-2-4-14-8-12-6-13(9-15-12)20(17,18)16-7-11-3-5-19-10-11/h3,5-6,9-10,14-16H,2,4,7-8H2,1H3. The van der Waals surface area contributed by atoms with Crippen LogP contribution in [0.5, 0.6) is 0 Å². The third-order valence-corrected chi connectivity index (χ3v) is 4.93. The maximum absolute atomic E-state index is 12.1. The maximum Gasteiger partial charge on any atom is 0.242 e. The van der Waals surface area contributed by atoms with Crippen molar-refractivity contribution in [3.05, 3.63) is 40.3 Å². The van der Waals surface area contributed by atoms with E-state index in [9.17, 15) is 8.42 Å². The lowest BCUT2D eigenvalue weighted by atomic mass is 10.4. The van der Waals surface area contributed by atoms with Crippen LogP contribution in [-0.2, 0) is 23.1 Å². The number of H-pyrrole nitrogens is 1. The molecule has 5 nitrogen and oxygen atoms in total. The largest absolute Gasteiger partial charge is 0.363 e.